The first-order chi connectivity index (χ1) is 13.7. The van der Waals surface area contributed by atoms with Crippen LogP contribution in [0.1, 0.15) is 35.8 Å². The van der Waals surface area contributed by atoms with Crippen molar-refractivity contribution in [3.05, 3.63) is 67.6 Å². The van der Waals surface area contributed by atoms with Crippen LogP contribution in [0.5, 0.6) is 0 Å². The Hall–Kier alpha value is -1.24. The molecular weight excluding hydrogens is 476 g/mol. The van der Waals surface area contributed by atoms with Crippen LogP contribution < -0.4 is 5.32 Å². The van der Waals surface area contributed by atoms with Gasteiger partial charge in [-0.2, -0.15) is 0 Å². The van der Waals surface area contributed by atoms with Crippen molar-refractivity contribution in [3.63, 3.8) is 0 Å². The summed E-state index contributed by atoms with van der Waals surface area (Å²) in [6.45, 7) is 0. The van der Waals surface area contributed by atoms with Crippen LogP contribution in [0, 0.1) is 0 Å². The van der Waals surface area contributed by atoms with E-state index in [9.17, 15) is 14.4 Å². The molecule has 0 bridgehead atoms. The normalized spacial score (nSPS) is 26.8. The standard InChI is InChI=1S/C20H13Cl4NO3S/c21-9-1-3-12(16(23)5-9)14-7-11(26)8-15(13-4-2-10(22)6-17(13)24)20(14)18(27)25-19(28)29-20/h1-6,14-15H,7-8H2,(H,25,27,28). The molecule has 1 aliphatic heterocycles. The van der Waals surface area contributed by atoms with Gasteiger partial charge in [-0.05, 0) is 47.2 Å². The van der Waals surface area contributed by atoms with Crippen molar-refractivity contribution >= 4 is 75.1 Å². The van der Waals surface area contributed by atoms with Crippen LogP contribution in [0.15, 0.2) is 36.4 Å². The van der Waals surface area contributed by atoms with E-state index in [0.29, 0.717) is 31.2 Å². The second kappa shape index (κ2) is 7.78. The molecule has 150 valence electrons. The number of halogens is 4. The molecule has 0 aromatic heterocycles. The fraction of sp³-hybridized carbons (Fsp3) is 0.250. The third kappa shape index (κ3) is 3.57. The van der Waals surface area contributed by atoms with E-state index in [-0.39, 0.29) is 18.6 Å². The van der Waals surface area contributed by atoms with Crippen LogP contribution in [0.25, 0.3) is 0 Å². The lowest BCUT2D eigenvalue weighted by Crippen LogP contribution is -2.51. The fourth-order valence-corrected chi connectivity index (χ4v) is 6.59. The zero-order chi connectivity index (χ0) is 20.9. The molecule has 2 unspecified atom stereocenters. The Labute approximate surface area is 191 Å². The topological polar surface area (TPSA) is 63.2 Å². The smallest absolute Gasteiger partial charge is 0.286 e. The summed E-state index contributed by atoms with van der Waals surface area (Å²) in [5, 5.41) is 3.48. The summed E-state index contributed by atoms with van der Waals surface area (Å²) in [6.07, 6.45) is 0.160. The Morgan fingerprint density at radius 3 is 1.69 bits per heavy atom. The number of imide groups is 1. The number of carbonyl (C=O) groups is 3. The number of thioether (sulfide) groups is 1. The quantitative estimate of drug-likeness (QED) is 0.542. The summed E-state index contributed by atoms with van der Waals surface area (Å²) in [5.74, 6) is -1.74. The van der Waals surface area contributed by atoms with Crippen LogP contribution in [-0.2, 0) is 9.59 Å². The Morgan fingerprint density at radius 1 is 0.828 bits per heavy atom. The number of ketones is 1. The first-order valence-corrected chi connectivity index (χ1v) is 11.0. The minimum Gasteiger partial charge on any atom is -0.300 e. The number of amides is 2. The van der Waals surface area contributed by atoms with E-state index < -0.39 is 27.7 Å². The number of benzene rings is 2. The number of carbonyl (C=O) groups excluding carboxylic acids is 3. The molecule has 1 aliphatic carbocycles. The van der Waals surface area contributed by atoms with Crippen LogP contribution in [0.2, 0.25) is 20.1 Å². The van der Waals surface area contributed by atoms with E-state index >= 15 is 0 Å². The molecule has 2 aromatic rings. The van der Waals surface area contributed by atoms with Gasteiger partial charge >= 0.3 is 0 Å². The van der Waals surface area contributed by atoms with Crippen molar-refractivity contribution in [1.82, 2.24) is 5.32 Å². The van der Waals surface area contributed by atoms with Crippen LogP contribution in [0.3, 0.4) is 0 Å². The van der Waals surface area contributed by atoms with E-state index in [1.54, 1.807) is 36.4 Å². The summed E-state index contributed by atoms with van der Waals surface area (Å²) >= 11 is 25.8. The zero-order valence-electron chi connectivity index (χ0n) is 14.7. The van der Waals surface area contributed by atoms with Crippen LogP contribution >= 0.6 is 58.2 Å². The highest BCUT2D eigenvalue weighted by atomic mass is 35.5. The molecule has 0 radical (unpaired) electrons. The third-order valence-electron chi connectivity index (χ3n) is 5.41. The zero-order valence-corrected chi connectivity index (χ0v) is 18.5. The van der Waals surface area contributed by atoms with E-state index in [2.05, 4.69) is 5.32 Å². The molecule has 1 heterocycles. The van der Waals surface area contributed by atoms with Gasteiger partial charge in [0.15, 0.2) is 0 Å². The lowest BCUT2D eigenvalue weighted by atomic mass is 9.65. The lowest BCUT2D eigenvalue weighted by molar-refractivity contribution is -0.127. The molecule has 2 fully saturated rings. The average molecular weight is 489 g/mol. The Morgan fingerprint density at radius 2 is 1.31 bits per heavy atom. The molecule has 2 atom stereocenters. The predicted molar refractivity (Wildman–Crippen MR) is 117 cm³/mol. The molecule has 1 saturated heterocycles. The maximum absolute atomic E-state index is 13.2. The first kappa shape index (κ1) is 21.0. The van der Waals surface area contributed by atoms with Crippen molar-refractivity contribution in [2.24, 2.45) is 0 Å². The fourth-order valence-electron chi connectivity index (χ4n) is 4.21. The van der Waals surface area contributed by atoms with Gasteiger partial charge in [0.05, 0.1) is 0 Å². The summed E-state index contributed by atoms with van der Waals surface area (Å²) in [4.78, 5) is 38.2. The number of nitrogens with one attached hydrogen (secondary N) is 1. The Kier molecular flexibility index (Phi) is 5.64. The summed E-state index contributed by atoms with van der Waals surface area (Å²) in [7, 11) is 0. The van der Waals surface area contributed by atoms with Crippen molar-refractivity contribution in [2.75, 3.05) is 0 Å². The predicted octanol–water partition coefficient (Wildman–Crippen LogP) is 6.25. The van der Waals surface area contributed by atoms with E-state index in [0.717, 1.165) is 11.8 Å². The van der Waals surface area contributed by atoms with Gasteiger partial charge in [-0.1, -0.05) is 58.5 Å². The molecule has 2 aromatic carbocycles. The number of rotatable bonds is 2. The minimum absolute atomic E-state index is 0.0459. The van der Waals surface area contributed by atoms with Gasteiger partial charge in [0, 0.05) is 44.8 Å². The first-order valence-electron chi connectivity index (χ1n) is 8.68. The number of hydrogen-bond donors (Lipinski definition) is 1. The summed E-state index contributed by atoms with van der Waals surface area (Å²) < 4.78 is -1.26. The number of Topliss-reactive ketones (excluding diaryl/α,β-unsaturated/α-hetero) is 1. The monoisotopic (exact) mass is 487 g/mol. The molecule has 4 nitrogen and oxygen atoms in total. The van der Waals surface area contributed by atoms with Gasteiger partial charge in [0.1, 0.15) is 10.5 Å². The van der Waals surface area contributed by atoms with Gasteiger partial charge in [-0.15, -0.1) is 0 Å². The lowest BCUT2D eigenvalue weighted by Gasteiger charge is -2.44. The van der Waals surface area contributed by atoms with Crippen molar-refractivity contribution in [3.8, 4) is 0 Å². The Balaban J connectivity index is 1.94. The molecule has 4 rings (SSSR count). The van der Waals surface area contributed by atoms with Crippen molar-refractivity contribution in [1.29, 1.82) is 0 Å². The van der Waals surface area contributed by atoms with Crippen molar-refractivity contribution in [2.45, 2.75) is 29.4 Å². The average Bonchev–Trinajstić information content (AvgIpc) is 2.92. The van der Waals surface area contributed by atoms with Gasteiger partial charge in [-0.25, -0.2) is 0 Å². The molecule has 9 heteroatoms. The molecule has 1 spiro atoms. The molecule has 29 heavy (non-hydrogen) atoms. The minimum atomic E-state index is -1.26. The van der Waals surface area contributed by atoms with E-state index in [1.165, 1.54) is 0 Å². The molecular formula is C20H13Cl4NO3S. The summed E-state index contributed by atoms with van der Waals surface area (Å²) in [6, 6.07) is 9.84. The molecule has 1 N–H and O–H groups in total. The molecule has 2 aliphatic rings. The SMILES string of the molecule is O=C1CC(c2ccc(Cl)cc2Cl)C2(SC(=O)NC2=O)C(c2ccc(Cl)cc2Cl)C1. The van der Waals surface area contributed by atoms with E-state index in [1.807, 2.05) is 0 Å². The highest BCUT2D eigenvalue weighted by Gasteiger charge is 2.62. The van der Waals surface area contributed by atoms with Gasteiger partial charge in [-0.3, -0.25) is 19.7 Å². The maximum Gasteiger partial charge on any atom is 0.286 e. The molecule has 2 amide bonds. The largest absolute Gasteiger partial charge is 0.300 e. The molecule has 1 saturated carbocycles. The van der Waals surface area contributed by atoms with Gasteiger partial charge in [0.25, 0.3) is 5.24 Å². The second-order valence-electron chi connectivity index (χ2n) is 7.02. The number of hydrogen-bond acceptors (Lipinski definition) is 4. The highest BCUT2D eigenvalue weighted by Crippen LogP contribution is 2.59. The van der Waals surface area contributed by atoms with Crippen LogP contribution in [0.4, 0.5) is 4.79 Å². The highest BCUT2D eigenvalue weighted by molar-refractivity contribution is 8.16. The Bertz CT molecular complexity index is 995. The maximum atomic E-state index is 13.2. The van der Waals surface area contributed by atoms with E-state index in [4.69, 9.17) is 46.4 Å². The van der Waals surface area contributed by atoms with Gasteiger partial charge in [0.2, 0.25) is 5.91 Å². The summed E-state index contributed by atoms with van der Waals surface area (Å²) in [5.41, 5.74) is 1.19. The van der Waals surface area contributed by atoms with Gasteiger partial charge < -0.3 is 0 Å². The third-order valence-corrected chi connectivity index (χ3v) is 7.91. The van der Waals surface area contributed by atoms with Crippen molar-refractivity contribution < 1.29 is 14.4 Å². The van der Waals surface area contributed by atoms with Crippen LogP contribution in [-0.4, -0.2) is 21.7 Å². The second-order valence-corrected chi connectivity index (χ2v) is 9.96.